The van der Waals surface area contributed by atoms with Crippen LogP contribution in [-0.2, 0) is 4.74 Å². The summed E-state index contributed by atoms with van der Waals surface area (Å²) in [6.07, 6.45) is 4.64. The number of allylic oxidation sites excluding steroid dienone is 1. The monoisotopic (exact) mass is 145 g/mol. The van der Waals surface area contributed by atoms with Crippen LogP contribution in [0.4, 0.5) is 4.79 Å². The van der Waals surface area contributed by atoms with Gasteiger partial charge in [-0.05, 0) is 6.42 Å². The van der Waals surface area contributed by atoms with E-state index in [4.69, 9.17) is 0 Å². The van der Waals surface area contributed by atoms with Crippen molar-refractivity contribution in [2.24, 2.45) is 0 Å². The molecular formula is C6H9O2S. The lowest BCUT2D eigenvalue weighted by molar-refractivity contribution is 0.188. The molecule has 0 fully saturated rings. The van der Waals surface area contributed by atoms with Gasteiger partial charge in [0.1, 0.15) is 6.61 Å². The van der Waals surface area contributed by atoms with Crippen molar-refractivity contribution in [1.29, 1.82) is 0 Å². The maximum atomic E-state index is 9.97. The minimum absolute atomic E-state index is 0.302. The van der Waals surface area contributed by atoms with Gasteiger partial charge in [0.15, 0.2) is 0 Å². The second kappa shape index (κ2) is 5.56. The normalized spacial score (nSPS) is 9.89. The van der Waals surface area contributed by atoms with Gasteiger partial charge in [-0.25, -0.2) is 4.79 Å². The summed E-state index contributed by atoms with van der Waals surface area (Å²) in [5.74, 6) is 0. The van der Waals surface area contributed by atoms with Crippen molar-refractivity contribution in [3.05, 3.63) is 12.2 Å². The number of hydrogen-bond acceptors (Lipinski definition) is 2. The molecule has 0 unspecified atom stereocenters. The Morgan fingerprint density at radius 1 is 1.67 bits per heavy atom. The third-order valence-electron chi connectivity index (χ3n) is 0.700. The van der Waals surface area contributed by atoms with Crippen LogP contribution in [0.1, 0.15) is 13.3 Å². The van der Waals surface area contributed by atoms with Crippen molar-refractivity contribution in [1.82, 2.24) is 0 Å². The van der Waals surface area contributed by atoms with E-state index < -0.39 is 5.30 Å². The highest BCUT2D eigenvalue weighted by atomic mass is 32.1. The molecule has 0 rings (SSSR count). The summed E-state index contributed by atoms with van der Waals surface area (Å²) in [5, 5.41) is -0.643. The molecule has 51 valence electrons. The van der Waals surface area contributed by atoms with E-state index in [2.05, 4.69) is 17.4 Å². The maximum absolute atomic E-state index is 9.97. The van der Waals surface area contributed by atoms with Gasteiger partial charge >= 0.3 is 5.30 Å². The molecule has 0 spiro atoms. The van der Waals surface area contributed by atoms with Gasteiger partial charge in [0.05, 0.1) is 0 Å². The van der Waals surface area contributed by atoms with Gasteiger partial charge < -0.3 is 4.74 Å². The Hall–Kier alpha value is -0.570. The zero-order valence-corrected chi connectivity index (χ0v) is 6.11. The molecule has 0 saturated carbocycles. The van der Waals surface area contributed by atoms with Crippen LogP contribution in [0.25, 0.3) is 0 Å². The van der Waals surface area contributed by atoms with Crippen LogP contribution in [0.2, 0.25) is 0 Å². The Balaban J connectivity index is 3.09. The summed E-state index contributed by atoms with van der Waals surface area (Å²) in [4.78, 5) is 9.97. The molecule has 2 nitrogen and oxygen atoms in total. The SMILES string of the molecule is CCC=CCOC(=O)[S]. The van der Waals surface area contributed by atoms with Gasteiger partial charge in [0.2, 0.25) is 0 Å². The Bertz CT molecular complexity index is 110. The van der Waals surface area contributed by atoms with Gasteiger partial charge in [-0.3, -0.25) is 0 Å². The average molecular weight is 145 g/mol. The van der Waals surface area contributed by atoms with Crippen molar-refractivity contribution < 1.29 is 9.53 Å². The Morgan fingerprint density at radius 3 is 2.78 bits per heavy atom. The molecule has 0 aromatic carbocycles. The highest BCUT2D eigenvalue weighted by Crippen LogP contribution is 1.86. The second-order valence-corrected chi connectivity index (χ2v) is 1.77. The number of hydrogen-bond donors (Lipinski definition) is 0. The first-order chi connectivity index (χ1) is 4.27. The summed E-state index contributed by atoms with van der Waals surface area (Å²) in [6.45, 7) is 2.31. The molecule has 0 aliphatic carbocycles. The minimum Gasteiger partial charge on any atom is -0.450 e. The Labute approximate surface area is 60.3 Å². The van der Waals surface area contributed by atoms with Crippen molar-refractivity contribution in [2.45, 2.75) is 13.3 Å². The molecule has 0 aromatic rings. The summed E-state index contributed by atoms with van der Waals surface area (Å²) in [6, 6.07) is 0. The molecule has 0 N–H and O–H groups in total. The molecule has 3 heteroatoms. The second-order valence-electron chi connectivity index (χ2n) is 1.44. The molecule has 1 radical (unpaired) electrons. The molecule has 0 saturated heterocycles. The highest BCUT2D eigenvalue weighted by Gasteiger charge is 1.88. The summed E-state index contributed by atoms with van der Waals surface area (Å²) < 4.78 is 4.43. The lowest BCUT2D eigenvalue weighted by Crippen LogP contribution is -1.91. The van der Waals surface area contributed by atoms with E-state index in [-0.39, 0.29) is 0 Å². The lowest BCUT2D eigenvalue weighted by Gasteiger charge is -1.90. The minimum atomic E-state index is -0.643. The van der Waals surface area contributed by atoms with E-state index in [1.807, 2.05) is 13.0 Å². The first-order valence-electron chi connectivity index (χ1n) is 2.76. The zero-order valence-electron chi connectivity index (χ0n) is 5.29. The van der Waals surface area contributed by atoms with E-state index in [0.717, 1.165) is 6.42 Å². The fraction of sp³-hybridized carbons (Fsp3) is 0.500. The van der Waals surface area contributed by atoms with Crippen LogP contribution in [0.5, 0.6) is 0 Å². The molecule has 0 amide bonds. The highest BCUT2D eigenvalue weighted by molar-refractivity contribution is 7.96. The van der Waals surface area contributed by atoms with Crippen molar-refractivity contribution in [3.8, 4) is 0 Å². The summed E-state index contributed by atoms with van der Waals surface area (Å²) >= 11 is 4.13. The summed E-state index contributed by atoms with van der Waals surface area (Å²) in [7, 11) is 0. The van der Waals surface area contributed by atoms with Gasteiger partial charge in [0.25, 0.3) is 0 Å². The number of carbonyl (C=O) groups excluding carboxylic acids is 1. The Kier molecular flexibility index (Phi) is 5.21. The fourth-order valence-corrected chi connectivity index (χ4v) is 0.419. The van der Waals surface area contributed by atoms with Crippen LogP contribution < -0.4 is 0 Å². The predicted octanol–water partition coefficient (Wildman–Crippen LogP) is 2.29. The predicted molar refractivity (Wildman–Crippen MR) is 38.4 cm³/mol. The molecule has 0 aromatic heterocycles. The molecular weight excluding hydrogens is 136 g/mol. The molecule has 0 aliphatic heterocycles. The standard InChI is InChI=1S/C6H9O2S/c1-2-3-4-5-8-6(7)9/h3-4H,2,5H2,1H3. The smallest absolute Gasteiger partial charge is 0.400 e. The topological polar surface area (TPSA) is 26.3 Å². The maximum Gasteiger partial charge on any atom is 0.400 e. The molecule has 9 heavy (non-hydrogen) atoms. The van der Waals surface area contributed by atoms with Crippen LogP contribution in [0.3, 0.4) is 0 Å². The van der Waals surface area contributed by atoms with Crippen LogP contribution >= 0.6 is 12.6 Å². The van der Waals surface area contributed by atoms with Gasteiger partial charge in [-0.2, -0.15) is 0 Å². The largest absolute Gasteiger partial charge is 0.450 e. The van der Waals surface area contributed by atoms with Crippen molar-refractivity contribution in [2.75, 3.05) is 6.61 Å². The van der Waals surface area contributed by atoms with E-state index in [1.165, 1.54) is 0 Å². The quantitative estimate of drug-likeness (QED) is 0.450. The molecule has 0 heterocycles. The molecule has 0 bridgehead atoms. The zero-order chi connectivity index (χ0) is 7.11. The van der Waals surface area contributed by atoms with Crippen LogP contribution in [-0.4, -0.2) is 11.9 Å². The van der Waals surface area contributed by atoms with Crippen LogP contribution in [0, 0.1) is 0 Å². The fourth-order valence-electron chi connectivity index (χ4n) is 0.351. The third kappa shape index (κ3) is 7.43. The number of ether oxygens (including phenoxy) is 1. The van der Waals surface area contributed by atoms with Crippen LogP contribution in [0.15, 0.2) is 12.2 Å². The number of carbonyl (C=O) groups is 1. The van der Waals surface area contributed by atoms with E-state index in [9.17, 15) is 4.79 Å². The van der Waals surface area contributed by atoms with Crippen molar-refractivity contribution >= 4 is 17.9 Å². The number of rotatable bonds is 3. The van der Waals surface area contributed by atoms with Gasteiger partial charge in [-0.1, -0.05) is 19.1 Å². The first kappa shape index (κ1) is 8.43. The van der Waals surface area contributed by atoms with E-state index in [0.29, 0.717) is 6.61 Å². The molecule has 0 aliphatic rings. The average Bonchev–Trinajstić information content (AvgIpc) is 1.80. The van der Waals surface area contributed by atoms with E-state index >= 15 is 0 Å². The van der Waals surface area contributed by atoms with E-state index in [1.54, 1.807) is 6.08 Å². The Morgan fingerprint density at radius 2 is 2.33 bits per heavy atom. The van der Waals surface area contributed by atoms with Gasteiger partial charge in [-0.15, -0.1) is 0 Å². The van der Waals surface area contributed by atoms with Crippen molar-refractivity contribution in [3.63, 3.8) is 0 Å². The van der Waals surface area contributed by atoms with Gasteiger partial charge in [0, 0.05) is 12.6 Å². The summed E-state index contributed by atoms with van der Waals surface area (Å²) in [5.41, 5.74) is 0. The molecule has 0 atom stereocenters. The first-order valence-corrected chi connectivity index (χ1v) is 3.17. The third-order valence-corrected chi connectivity index (χ3v) is 0.818. The lowest BCUT2D eigenvalue weighted by atomic mass is 10.4.